The van der Waals surface area contributed by atoms with Crippen LogP contribution in [0.15, 0.2) is 23.6 Å². The molecule has 0 saturated heterocycles. The molecule has 0 radical (unpaired) electrons. The number of thiazole rings is 1. The van der Waals surface area contributed by atoms with Crippen molar-refractivity contribution in [2.45, 2.75) is 20.3 Å². The highest BCUT2D eigenvalue weighted by Crippen LogP contribution is 2.17. The molecular weight excluding hydrogens is 274 g/mol. The van der Waals surface area contributed by atoms with Crippen LogP contribution in [-0.2, 0) is 6.42 Å². The number of ether oxygens (including phenoxy) is 1. The lowest BCUT2D eigenvalue weighted by Gasteiger charge is -2.07. The maximum Gasteiger partial charge on any atom is 0.284 e. The van der Waals surface area contributed by atoms with Gasteiger partial charge in [-0.15, -0.1) is 11.3 Å². The van der Waals surface area contributed by atoms with Crippen molar-refractivity contribution in [3.63, 3.8) is 0 Å². The van der Waals surface area contributed by atoms with Crippen LogP contribution in [0, 0.1) is 13.8 Å². The molecule has 0 aliphatic carbocycles. The summed E-state index contributed by atoms with van der Waals surface area (Å²) in [6.07, 6.45) is 0.662. The second-order valence-electron chi connectivity index (χ2n) is 4.44. The Morgan fingerprint density at radius 2 is 2.20 bits per heavy atom. The van der Waals surface area contributed by atoms with Gasteiger partial charge in [0.25, 0.3) is 5.91 Å². The number of aryl methyl sites for hydroxylation is 2. The molecule has 0 spiro atoms. The van der Waals surface area contributed by atoms with Gasteiger partial charge >= 0.3 is 0 Å². The molecule has 0 bridgehead atoms. The molecule has 0 aliphatic heterocycles. The molecule has 2 aromatic rings. The maximum atomic E-state index is 11.3. The highest BCUT2D eigenvalue weighted by atomic mass is 32.1. The SMILES string of the molecule is Cc1ccc(OCCc2nc(C(=O)NN)cs2)cc1C. The summed E-state index contributed by atoms with van der Waals surface area (Å²) in [5, 5.41) is 2.54. The van der Waals surface area contributed by atoms with Gasteiger partial charge in [-0.1, -0.05) is 6.07 Å². The number of hydrazine groups is 1. The fraction of sp³-hybridized carbons (Fsp3) is 0.286. The standard InChI is InChI=1S/C14H17N3O2S/c1-9-3-4-11(7-10(9)2)19-6-5-13-16-12(8-20-13)14(18)17-15/h3-4,7-8H,5-6,15H2,1-2H3,(H,17,18). The number of amides is 1. The summed E-state index contributed by atoms with van der Waals surface area (Å²) in [7, 11) is 0. The smallest absolute Gasteiger partial charge is 0.284 e. The first-order valence-electron chi connectivity index (χ1n) is 6.25. The number of aromatic nitrogens is 1. The minimum Gasteiger partial charge on any atom is -0.493 e. The van der Waals surface area contributed by atoms with Crippen LogP contribution in [0.3, 0.4) is 0 Å². The highest BCUT2D eigenvalue weighted by Gasteiger charge is 2.09. The van der Waals surface area contributed by atoms with E-state index in [1.54, 1.807) is 5.38 Å². The molecular formula is C14H17N3O2S. The van der Waals surface area contributed by atoms with Crippen molar-refractivity contribution in [2.75, 3.05) is 6.61 Å². The van der Waals surface area contributed by atoms with Crippen molar-refractivity contribution < 1.29 is 9.53 Å². The summed E-state index contributed by atoms with van der Waals surface area (Å²) in [6.45, 7) is 4.65. The Morgan fingerprint density at radius 1 is 1.40 bits per heavy atom. The first kappa shape index (κ1) is 14.5. The van der Waals surface area contributed by atoms with Gasteiger partial charge in [0.05, 0.1) is 11.6 Å². The number of carbonyl (C=O) groups excluding carboxylic acids is 1. The van der Waals surface area contributed by atoms with Gasteiger partial charge in [0.1, 0.15) is 11.4 Å². The molecule has 3 N–H and O–H groups in total. The number of nitrogens with two attached hydrogens (primary N) is 1. The van der Waals surface area contributed by atoms with Crippen LogP contribution in [0.1, 0.15) is 26.6 Å². The number of hydrogen-bond acceptors (Lipinski definition) is 5. The lowest BCUT2D eigenvalue weighted by atomic mass is 10.1. The van der Waals surface area contributed by atoms with E-state index in [1.165, 1.54) is 22.5 Å². The molecule has 0 aliphatic rings. The molecule has 0 saturated carbocycles. The van der Waals surface area contributed by atoms with E-state index >= 15 is 0 Å². The van der Waals surface area contributed by atoms with Gasteiger partial charge in [0.15, 0.2) is 0 Å². The van der Waals surface area contributed by atoms with E-state index in [0.717, 1.165) is 10.8 Å². The number of benzene rings is 1. The van der Waals surface area contributed by atoms with E-state index in [2.05, 4.69) is 24.3 Å². The van der Waals surface area contributed by atoms with E-state index in [0.29, 0.717) is 18.7 Å². The van der Waals surface area contributed by atoms with Gasteiger partial charge < -0.3 is 4.74 Å². The lowest BCUT2D eigenvalue weighted by molar-refractivity contribution is 0.0949. The lowest BCUT2D eigenvalue weighted by Crippen LogP contribution is -2.30. The van der Waals surface area contributed by atoms with Crippen LogP contribution in [0.5, 0.6) is 5.75 Å². The fourth-order valence-corrected chi connectivity index (χ4v) is 2.42. The Kier molecular flexibility index (Phi) is 4.70. The zero-order valence-electron chi connectivity index (χ0n) is 11.5. The zero-order chi connectivity index (χ0) is 14.5. The minimum atomic E-state index is -0.373. The third-order valence-corrected chi connectivity index (χ3v) is 3.89. The van der Waals surface area contributed by atoms with Crippen molar-refractivity contribution in [2.24, 2.45) is 5.84 Å². The number of carbonyl (C=O) groups is 1. The van der Waals surface area contributed by atoms with Crippen LogP contribution < -0.4 is 16.0 Å². The molecule has 106 valence electrons. The van der Waals surface area contributed by atoms with Crippen LogP contribution in [-0.4, -0.2) is 17.5 Å². The Bertz CT molecular complexity index is 610. The van der Waals surface area contributed by atoms with Gasteiger partial charge in [-0.25, -0.2) is 10.8 Å². The molecule has 0 atom stereocenters. The van der Waals surface area contributed by atoms with Crippen LogP contribution in [0.4, 0.5) is 0 Å². The van der Waals surface area contributed by atoms with Gasteiger partial charge in [-0.05, 0) is 37.1 Å². The fourth-order valence-electron chi connectivity index (χ4n) is 1.66. The normalized spacial score (nSPS) is 10.3. The number of nitrogens with zero attached hydrogens (tertiary/aromatic N) is 1. The Hall–Kier alpha value is -1.92. The van der Waals surface area contributed by atoms with E-state index < -0.39 is 0 Å². The molecule has 2 rings (SSSR count). The monoisotopic (exact) mass is 291 g/mol. The Labute approximate surface area is 121 Å². The third kappa shape index (κ3) is 3.55. The predicted octanol–water partition coefficient (Wildman–Crippen LogP) is 1.98. The Balaban J connectivity index is 1.88. The third-order valence-electron chi connectivity index (χ3n) is 2.98. The molecule has 0 fully saturated rings. The quantitative estimate of drug-likeness (QED) is 0.502. The largest absolute Gasteiger partial charge is 0.493 e. The van der Waals surface area contributed by atoms with E-state index in [-0.39, 0.29) is 5.91 Å². The number of nitrogen functional groups attached to an aromatic ring is 1. The van der Waals surface area contributed by atoms with Gasteiger partial charge in [0.2, 0.25) is 0 Å². The summed E-state index contributed by atoms with van der Waals surface area (Å²) in [5.41, 5.74) is 4.86. The van der Waals surface area contributed by atoms with Gasteiger partial charge in [0, 0.05) is 11.8 Å². The predicted molar refractivity (Wildman–Crippen MR) is 78.9 cm³/mol. The maximum absolute atomic E-state index is 11.3. The molecule has 20 heavy (non-hydrogen) atoms. The van der Waals surface area contributed by atoms with Crippen molar-refractivity contribution >= 4 is 17.2 Å². The summed E-state index contributed by atoms with van der Waals surface area (Å²) >= 11 is 1.43. The molecule has 1 heterocycles. The van der Waals surface area contributed by atoms with E-state index in [9.17, 15) is 4.79 Å². The molecule has 1 amide bonds. The first-order chi connectivity index (χ1) is 9.60. The summed E-state index contributed by atoms with van der Waals surface area (Å²) in [6, 6.07) is 6.01. The second kappa shape index (κ2) is 6.49. The average molecular weight is 291 g/mol. The molecule has 5 nitrogen and oxygen atoms in total. The van der Waals surface area contributed by atoms with E-state index in [4.69, 9.17) is 10.6 Å². The van der Waals surface area contributed by atoms with Crippen LogP contribution in [0.2, 0.25) is 0 Å². The van der Waals surface area contributed by atoms with Crippen molar-refractivity contribution in [1.29, 1.82) is 0 Å². The molecule has 0 unspecified atom stereocenters. The van der Waals surface area contributed by atoms with Crippen LogP contribution >= 0.6 is 11.3 Å². The number of rotatable bonds is 5. The molecule has 1 aromatic carbocycles. The minimum absolute atomic E-state index is 0.346. The molecule has 1 aromatic heterocycles. The zero-order valence-corrected chi connectivity index (χ0v) is 12.3. The Morgan fingerprint density at radius 3 is 2.90 bits per heavy atom. The molecule has 6 heteroatoms. The van der Waals surface area contributed by atoms with Gasteiger partial charge in [-0.2, -0.15) is 0 Å². The summed E-state index contributed by atoms with van der Waals surface area (Å²) in [4.78, 5) is 15.5. The van der Waals surface area contributed by atoms with Crippen molar-refractivity contribution in [1.82, 2.24) is 10.4 Å². The van der Waals surface area contributed by atoms with Crippen LogP contribution in [0.25, 0.3) is 0 Å². The summed E-state index contributed by atoms with van der Waals surface area (Å²) in [5.74, 6) is 5.54. The average Bonchev–Trinajstić information content (AvgIpc) is 2.91. The van der Waals surface area contributed by atoms with E-state index in [1.807, 2.05) is 18.2 Å². The summed E-state index contributed by atoms with van der Waals surface area (Å²) < 4.78 is 5.68. The number of hydrogen-bond donors (Lipinski definition) is 2. The first-order valence-corrected chi connectivity index (χ1v) is 7.13. The number of nitrogens with one attached hydrogen (secondary N) is 1. The highest BCUT2D eigenvalue weighted by molar-refractivity contribution is 7.09. The van der Waals surface area contributed by atoms with Gasteiger partial charge in [-0.3, -0.25) is 10.2 Å². The topological polar surface area (TPSA) is 77.2 Å². The second-order valence-corrected chi connectivity index (χ2v) is 5.39. The van der Waals surface area contributed by atoms with Crippen molar-refractivity contribution in [3.8, 4) is 5.75 Å². The van der Waals surface area contributed by atoms with Crippen molar-refractivity contribution in [3.05, 3.63) is 45.4 Å².